The lowest BCUT2D eigenvalue weighted by Gasteiger charge is -2.15. The predicted octanol–water partition coefficient (Wildman–Crippen LogP) is 7.49. The maximum absolute atomic E-state index is 13.4. The van der Waals surface area contributed by atoms with Crippen molar-refractivity contribution in [2.24, 2.45) is 0 Å². The number of hydrogen-bond donors (Lipinski definition) is 3. The van der Waals surface area contributed by atoms with E-state index in [0.29, 0.717) is 21.8 Å². The lowest BCUT2D eigenvalue weighted by molar-refractivity contribution is -0.115. The molecule has 1 unspecified atom stereocenters. The van der Waals surface area contributed by atoms with Crippen molar-refractivity contribution in [3.05, 3.63) is 130 Å². The fourth-order valence-electron chi connectivity index (χ4n) is 3.89. The van der Waals surface area contributed by atoms with Crippen molar-refractivity contribution < 1.29 is 14.4 Å². The molecule has 4 rings (SSSR count). The summed E-state index contributed by atoms with van der Waals surface area (Å²) < 4.78 is 0. The zero-order valence-corrected chi connectivity index (χ0v) is 24.5. The summed E-state index contributed by atoms with van der Waals surface area (Å²) >= 11 is 7.39. The van der Waals surface area contributed by atoms with Gasteiger partial charge < -0.3 is 16.0 Å². The van der Waals surface area contributed by atoms with Crippen molar-refractivity contribution in [1.29, 1.82) is 0 Å². The third-order valence-electron chi connectivity index (χ3n) is 6.35. The van der Waals surface area contributed by atoms with Crippen molar-refractivity contribution in [3.8, 4) is 0 Å². The lowest BCUT2D eigenvalue weighted by Crippen LogP contribution is -2.30. The Morgan fingerprint density at radius 2 is 1.54 bits per heavy atom. The Kier molecular flexibility index (Phi) is 10.0. The molecule has 41 heavy (non-hydrogen) atoms. The van der Waals surface area contributed by atoms with Gasteiger partial charge in [0.2, 0.25) is 5.91 Å². The monoisotopic (exact) mass is 583 g/mol. The third-order valence-corrected chi connectivity index (χ3v) is 7.69. The molecule has 0 aliphatic carbocycles. The molecule has 0 spiro atoms. The first kappa shape index (κ1) is 29.6. The molecule has 6 nitrogen and oxygen atoms in total. The van der Waals surface area contributed by atoms with Crippen molar-refractivity contribution >= 4 is 58.5 Å². The van der Waals surface area contributed by atoms with Gasteiger partial charge >= 0.3 is 0 Å². The maximum Gasteiger partial charge on any atom is 0.272 e. The molecule has 4 aromatic rings. The highest BCUT2D eigenvalue weighted by Crippen LogP contribution is 2.28. The van der Waals surface area contributed by atoms with Crippen LogP contribution in [0.4, 0.5) is 11.4 Å². The van der Waals surface area contributed by atoms with E-state index in [1.165, 1.54) is 11.8 Å². The number of aryl methyl sites for hydroxylation is 1. The standard InChI is InChI=1S/C33H30ClN3O3S/c1-21-9-7-14-29(22(21)2)36-31(38)23(3)41-28-13-8-12-27(20-28)35-33(40)30(19-24-15-17-26(34)18-16-24)37-32(39)25-10-5-4-6-11-25/h4-20,23H,1-3H3,(H,35,40)(H,36,38)(H,37,39)/b30-19+. The number of amides is 3. The zero-order chi connectivity index (χ0) is 29.4. The highest BCUT2D eigenvalue weighted by molar-refractivity contribution is 8.00. The molecule has 0 aliphatic heterocycles. The SMILES string of the molecule is Cc1cccc(NC(=O)C(C)Sc2cccc(NC(=O)/C(=C\c3ccc(Cl)cc3)NC(=O)c3ccccc3)c2)c1C. The van der Waals surface area contributed by atoms with Gasteiger partial charge in [-0.1, -0.05) is 60.1 Å². The molecule has 3 N–H and O–H groups in total. The van der Waals surface area contributed by atoms with E-state index in [4.69, 9.17) is 11.6 Å². The van der Waals surface area contributed by atoms with E-state index in [2.05, 4.69) is 16.0 Å². The minimum absolute atomic E-state index is 0.0699. The van der Waals surface area contributed by atoms with Gasteiger partial charge in [-0.15, -0.1) is 11.8 Å². The molecule has 8 heteroatoms. The van der Waals surface area contributed by atoms with Crippen molar-refractivity contribution in [2.75, 3.05) is 10.6 Å². The Morgan fingerprint density at radius 3 is 2.27 bits per heavy atom. The number of halogens is 1. The van der Waals surface area contributed by atoms with Crippen LogP contribution in [0, 0.1) is 13.8 Å². The molecule has 1 atom stereocenters. The number of carbonyl (C=O) groups is 3. The largest absolute Gasteiger partial charge is 0.325 e. The quantitative estimate of drug-likeness (QED) is 0.141. The summed E-state index contributed by atoms with van der Waals surface area (Å²) in [7, 11) is 0. The summed E-state index contributed by atoms with van der Waals surface area (Å²) in [6.45, 7) is 5.82. The fraction of sp³-hybridized carbons (Fsp3) is 0.121. The number of carbonyl (C=O) groups excluding carboxylic acids is 3. The molecule has 0 saturated heterocycles. The predicted molar refractivity (Wildman–Crippen MR) is 168 cm³/mol. The van der Waals surface area contributed by atoms with E-state index >= 15 is 0 Å². The lowest BCUT2D eigenvalue weighted by atomic mass is 10.1. The van der Waals surface area contributed by atoms with Crippen molar-refractivity contribution in [2.45, 2.75) is 30.9 Å². The summed E-state index contributed by atoms with van der Waals surface area (Å²) in [6, 6.07) is 28.6. The molecule has 208 valence electrons. The zero-order valence-electron chi connectivity index (χ0n) is 22.9. The average Bonchev–Trinajstić information content (AvgIpc) is 2.96. The topological polar surface area (TPSA) is 87.3 Å². The Balaban J connectivity index is 1.48. The molecule has 0 radical (unpaired) electrons. The van der Waals surface area contributed by atoms with E-state index in [9.17, 15) is 14.4 Å². The number of thioether (sulfide) groups is 1. The number of benzene rings is 4. The molecular formula is C33H30ClN3O3S. The summed E-state index contributed by atoms with van der Waals surface area (Å²) in [5.41, 5.74) is 4.65. The first-order chi connectivity index (χ1) is 19.7. The third kappa shape index (κ3) is 8.33. The van der Waals surface area contributed by atoms with Gasteiger partial charge in [-0.3, -0.25) is 14.4 Å². The van der Waals surface area contributed by atoms with Crippen LogP contribution < -0.4 is 16.0 Å². The van der Waals surface area contributed by atoms with Crippen LogP contribution in [0.2, 0.25) is 5.02 Å². The molecular weight excluding hydrogens is 554 g/mol. The minimum atomic E-state index is -0.493. The van der Waals surface area contributed by atoms with Crippen LogP contribution in [0.25, 0.3) is 6.08 Å². The van der Waals surface area contributed by atoms with E-state index in [-0.39, 0.29) is 16.9 Å². The number of hydrogen-bond acceptors (Lipinski definition) is 4. The molecule has 0 heterocycles. The van der Waals surface area contributed by atoms with E-state index in [1.807, 2.05) is 51.1 Å². The fourth-order valence-corrected chi connectivity index (χ4v) is 4.94. The highest BCUT2D eigenvalue weighted by Gasteiger charge is 2.18. The van der Waals surface area contributed by atoms with Gasteiger partial charge in [-0.25, -0.2) is 0 Å². The van der Waals surface area contributed by atoms with E-state index in [1.54, 1.807) is 72.8 Å². The molecule has 0 fully saturated rings. The van der Waals surface area contributed by atoms with Gasteiger partial charge in [0.25, 0.3) is 11.8 Å². The summed E-state index contributed by atoms with van der Waals surface area (Å²) in [6.07, 6.45) is 1.59. The number of anilines is 2. The molecule has 0 aromatic heterocycles. The van der Waals surface area contributed by atoms with E-state index < -0.39 is 11.8 Å². The summed E-state index contributed by atoms with van der Waals surface area (Å²) in [5, 5.41) is 8.78. The minimum Gasteiger partial charge on any atom is -0.325 e. The van der Waals surface area contributed by atoms with Crippen LogP contribution in [-0.4, -0.2) is 23.0 Å². The first-order valence-electron chi connectivity index (χ1n) is 13.0. The molecule has 3 amide bonds. The first-order valence-corrected chi connectivity index (χ1v) is 14.2. The molecule has 0 aliphatic rings. The van der Waals surface area contributed by atoms with Crippen LogP contribution in [0.15, 0.2) is 108 Å². The van der Waals surface area contributed by atoms with Gasteiger partial charge in [-0.05, 0) is 92.1 Å². The number of nitrogens with one attached hydrogen (secondary N) is 3. The second-order valence-electron chi connectivity index (χ2n) is 9.41. The van der Waals surface area contributed by atoms with Crippen LogP contribution in [0.3, 0.4) is 0 Å². The van der Waals surface area contributed by atoms with Crippen molar-refractivity contribution in [1.82, 2.24) is 5.32 Å². The van der Waals surface area contributed by atoms with Gasteiger partial charge in [-0.2, -0.15) is 0 Å². The number of rotatable bonds is 9. The smallest absolute Gasteiger partial charge is 0.272 e. The Hall–Kier alpha value is -4.33. The Labute approximate surface area is 249 Å². The molecule has 0 bridgehead atoms. The van der Waals surface area contributed by atoms with Crippen LogP contribution in [0.1, 0.15) is 34.0 Å². The van der Waals surface area contributed by atoms with Gasteiger partial charge in [0.15, 0.2) is 0 Å². The maximum atomic E-state index is 13.4. The normalized spacial score (nSPS) is 11.9. The second-order valence-corrected chi connectivity index (χ2v) is 11.3. The Bertz CT molecular complexity index is 1590. The Morgan fingerprint density at radius 1 is 0.829 bits per heavy atom. The second kappa shape index (κ2) is 13.8. The highest BCUT2D eigenvalue weighted by atomic mass is 35.5. The molecule has 0 saturated carbocycles. The van der Waals surface area contributed by atoms with Gasteiger partial charge in [0.05, 0.1) is 5.25 Å². The van der Waals surface area contributed by atoms with Gasteiger partial charge in [0.1, 0.15) is 5.70 Å². The molecule has 4 aromatic carbocycles. The summed E-state index contributed by atoms with van der Waals surface area (Å²) in [4.78, 5) is 39.9. The van der Waals surface area contributed by atoms with Crippen LogP contribution >= 0.6 is 23.4 Å². The van der Waals surface area contributed by atoms with Gasteiger partial charge in [0, 0.05) is 26.9 Å². The average molecular weight is 584 g/mol. The van der Waals surface area contributed by atoms with Crippen molar-refractivity contribution in [3.63, 3.8) is 0 Å². The summed E-state index contributed by atoms with van der Waals surface area (Å²) in [5.74, 6) is -1.02. The van der Waals surface area contributed by atoms with Crippen LogP contribution in [-0.2, 0) is 9.59 Å². The van der Waals surface area contributed by atoms with E-state index in [0.717, 1.165) is 21.7 Å². The van der Waals surface area contributed by atoms with Crippen LogP contribution in [0.5, 0.6) is 0 Å².